The molecule has 39 heavy (non-hydrogen) atoms. The number of rotatable bonds is 12. The lowest BCUT2D eigenvalue weighted by molar-refractivity contribution is -0.150. The molecule has 0 aromatic heterocycles. The number of nitrogens with zero attached hydrogens (tertiary/aromatic N) is 1. The summed E-state index contributed by atoms with van der Waals surface area (Å²) in [5.74, 6) is 1.46. The van der Waals surface area contributed by atoms with Crippen LogP contribution in [0.3, 0.4) is 0 Å². The third-order valence-electron chi connectivity index (χ3n) is 6.17. The smallest absolute Gasteiger partial charge is 0.329 e. The van der Waals surface area contributed by atoms with Crippen molar-refractivity contribution in [3.63, 3.8) is 0 Å². The molecule has 208 valence electrons. The van der Waals surface area contributed by atoms with Gasteiger partial charge in [-0.25, -0.2) is 4.79 Å². The van der Waals surface area contributed by atoms with Crippen LogP contribution >= 0.6 is 23.2 Å². The van der Waals surface area contributed by atoms with Gasteiger partial charge in [0.1, 0.15) is 24.1 Å². The second-order valence-electron chi connectivity index (χ2n) is 10.3. The fourth-order valence-corrected chi connectivity index (χ4v) is 4.48. The summed E-state index contributed by atoms with van der Waals surface area (Å²) in [6.45, 7) is 9.23. The number of carbonyl (C=O) groups is 2. The van der Waals surface area contributed by atoms with Gasteiger partial charge in [0.25, 0.3) is 5.91 Å². The van der Waals surface area contributed by atoms with E-state index in [0.717, 1.165) is 16.8 Å². The molecular weight excluding hydrogens is 535 g/mol. The first-order valence-electron chi connectivity index (χ1n) is 12.9. The summed E-state index contributed by atoms with van der Waals surface area (Å²) in [4.78, 5) is 28.0. The Morgan fingerprint density at radius 2 is 1.51 bits per heavy atom. The highest BCUT2D eigenvalue weighted by Crippen LogP contribution is 2.29. The van der Waals surface area contributed by atoms with E-state index in [2.05, 4.69) is 10.2 Å². The summed E-state index contributed by atoms with van der Waals surface area (Å²) in [6, 6.07) is 21.3. The van der Waals surface area contributed by atoms with Crippen molar-refractivity contribution in [3.05, 3.63) is 89.5 Å². The van der Waals surface area contributed by atoms with E-state index in [0.29, 0.717) is 41.9 Å². The van der Waals surface area contributed by atoms with Crippen molar-refractivity contribution in [1.29, 1.82) is 0 Å². The lowest BCUT2D eigenvalue weighted by Crippen LogP contribution is -2.49. The first-order valence-corrected chi connectivity index (χ1v) is 14.0. The van der Waals surface area contributed by atoms with Crippen molar-refractivity contribution in [3.8, 4) is 11.5 Å². The molecule has 1 N–H and O–H groups in total. The highest BCUT2D eigenvalue weighted by atomic mass is 35.5. The Kier molecular flexibility index (Phi) is 11.1. The molecule has 8 heteroatoms. The van der Waals surface area contributed by atoms with Gasteiger partial charge in [0.2, 0.25) is 0 Å². The van der Waals surface area contributed by atoms with Gasteiger partial charge in [0.05, 0.1) is 0 Å². The number of amides is 1. The molecule has 0 fully saturated rings. The van der Waals surface area contributed by atoms with E-state index in [9.17, 15) is 9.59 Å². The Bertz CT molecular complexity index is 1220. The van der Waals surface area contributed by atoms with Crippen LogP contribution in [0.25, 0.3) is 0 Å². The van der Waals surface area contributed by atoms with Gasteiger partial charge < -0.3 is 19.7 Å². The lowest BCUT2D eigenvalue weighted by Gasteiger charge is -2.29. The molecule has 0 spiro atoms. The van der Waals surface area contributed by atoms with Gasteiger partial charge in [0, 0.05) is 36.1 Å². The zero-order valence-electron chi connectivity index (χ0n) is 22.9. The van der Waals surface area contributed by atoms with Crippen LogP contribution in [0.5, 0.6) is 11.5 Å². The van der Waals surface area contributed by atoms with E-state index >= 15 is 0 Å². The van der Waals surface area contributed by atoms with Gasteiger partial charge in [0.15, 0.2) is 0 Å². The maximum absolute atomic E-state index is 13.0. The fourth-order valence-electron chi connectivity index (χ4n) is 4.07. The molecule has 1 amide bonds. The highest BCUT2D eigenvalue weighted by molar-refractivity contribution is 6.18. The van der Waals surface area contributed by atoms with Crippen molar-refractivity contribution in [2.75, 3.05) is 29.7 Å². The molecule has 0 heterocycles. The standard InChI is InChI=1S/C31H36Cl2N2O4/c1-22-20-26(14-15-27(22)35(18-16-32)19-17-33)39-25-12-10-24(11-13-25)29(36)34-28(31(2,3)4)30(37)38-21-23-8-6-5-7-9-23/h5-15,20,28H,16-19,21H2,1-4H3,(H,34,36)/t28-/m1/s1. The van der Waals surface area contributed by atoms with Gasteiger partial charge in [-0.2, -0.15) is 0 Å². The number of aryl methyl sites for hydroxylation is 1. The van der Waals surface area contributed by atoms with Gasteiger partial charge >= 0.3 is 5.97 Å². The van der Waals surface area contributed by atoms with Crippen LogP contribution in [0.4, 0.5) is 5.69 Å². The van der Waals surface area contributed by atoms with E-state index in [4.69, 9.17) is 32.7 Å². The zero-order chi connectivity index (χ0) is 28.4. The largest absolute Gasteiger partial charge is 0.459 e. The number of carbonyl (C=O) groups excluding carboxylic acids is 2. The second-order valence-corrected chi connectivity index (χ2v) is 11.1. The molecule has 3 aromatic rings. The SMILES string of the molecule is Cc1cc(Oc2ccc(C(=O)N[C@H](C(=O)OCc3ccccc3)C(C)(C)C)cc2)ccc1N(CCCl)CCCl. The molecule has 0 radical (unpaired) electrons. The van der Waals surface area contributed by atoms with Crippen LogP contribution in [0.2, 0.25) is 0 Å². The molecule has 0 saturated carbocycles. The maximum Gasteiger partial charge on any atom is 0.329 e. The predicted molar refractivity (Wildman–Crippen MR) is 158 cm³/mol. The Hall–Kier alpha value is -3.22. The number of nitrogens with one attached hydrogen (secondary N) is 1. The quantitative estimate of drug-likeness (QED) is 0.188. The van der Waals surface area contributed by atoms with Crippen LogP contribution in [-0.2, 0) is 16.1 Å². The number of halogens is 2. The average Bonchev–Trinajstić information content (AvgIpc) is 2.90. The van der Waals surface area contributed by atoms with Crippen LogP contribution in [0.1, 0.15) is 42.3 Å². The van der Waals surface area contributed by atoms with Crippen LogP contribution in [0, 0.1) is 12.3 Å². The number of esters is 1. The monoisotopic (exact) mass is 570 g/mol. The van der Waals surface area contributed by atoms with E-state index in [-0.39, 0.29) is 12.5 Å². The number of anilines is 1. The van der Waals surface area contributed by atoms with E-state index in [1.807, 2.05) is 76.2 Å². The third-order valence-corrected chi connectivity index (χ3v) is 6.51. The molecule has 6 nitrogen and oxygen atoms in total. The molecule has 0 aliphatic rings. The Morgan fingerprint density at radius 3 is 2.08 bits per heavy atom. The molecular formula is C31H36Cl2N2O4. The Morgan fingerprint density at radius 1 is 0.897 bits per heavy atom. The molecule has 1 atom stereocenters. The van der Waals surface area contributed by atoms with Gasteiger partial charge in [-0.15, -0.1) is 23.2 Å². The minimum atomic E-state index is -0.816. The van der Waals surface area contributed by atoms with Crippen molar-refractivity contribution in [2.45, 2.75) is 40.3 Å². The van der Waals surface area contributed by atoms with Crippen molar-refractivity contribution < 1.29 is 19.1 Å². The van der Waals surface area contributed by atoms with Crippen molar-refractivity contribution in [2.24, 2.45) is 5.41 Å². The number of benzene rings is 3. The minimum Gasteiger partial charge on any atom is -0.459 e. The van der Waals surface area contributed by atoms with Gasteiger partial charge in [-0.1, -0.05) is 51.1 Å². The topological polar surface area (TPSA) is 67.9 Å². The molecule has 3 aromatic carbocycles. The Labute approximate surface area is 241 Å². The summed E-state index contributed by atoms with van der Waals surface area (Å²) in [5.41, 5.74) is 2.86. The summed E-state index contributed by atoms with van der Waals surface area (Å²) in [5, 5.41) is 2.85. The van der Waals surface area contributed by atoms with Gasteiger partial charge in [-0.3, -0.25) is 4.79 Å². The molecule has 0 unspecified atom stereocenters. The predicted octanol–water partition coefficient (Wildman–Crippen LogP) is 6.96. The minimum absolute atomic E-state index is 0.145. The number of alkyl halides is 2. The first kappa shape index (κ1) is 30.3. The van der Waals surface area contributed by atoms with Crippen LogP contribution in [-0.4, -0.2) is 42.8 Å². The fraction of sp³-hybridized carbons (Fsp3) is 0.355. The summed E-state index contributed by atoms with van der Waals surface area (Å²) < 4.78 is 11.5. The zero-order valence-corrected chi connectivity index (χ0v) is 24.4. The average molecular weight is 572 g/mol. The van der Waals surface area contributed by atoms with Crippen molar-refractivity contribution in [1.82, 2.24) is 5.32 Å². The van der Waals surface area contributed by atoms with E-state index < -0.39 is 17.4 Å². The first-order chi connectivity index (χ1) is 18.6. The summed E-state index contributed by atoms with van der Waals surface area (Å²) in [6.07, 6.45) is 0. The van der Waals surface area contributed by atoms with Gasteiger partial charge in [-0.05, 0) is 65.9 Å². The molecule has 3 rings (SSSR count). The van der Waals surface area contributed by atoms with Crippen LogP contribution in [0.15, 0.2) is 72.8 Å². The normalized spacial score (nSPS) is 11.9. The summed E-state index contributed by atoms with van der Waals surface area (Å²) in [7, 11) is 0. The Balaban J connectivity index is 1.64. The third kappa shape index (κ3) is 8.91. The lowest BCUT2D eigenvalue weighted by atomic mass is 9.86. The van der Waals surface area contributed by atoms with Crippen molar-refractivity contribution >= 4 is 40.8 Å². The number of hydrogen-bond acceptors (Lipinski definition) is 5. The number of hydrogen-bond donors (Lipinski definition) is 1. The number of ether oxygens (including phenoxy) is 2. The molecule has 0 aliphatic carbocycles. The molecule has 0 bridgehead atoms. The molecule has 0 saturated heterocycles. The van der Waals surface area contributed by atoms with Crippen LogP contribution < -0.4 is 15.0 Å². The molecule has 0 aliphatic heterocycles. The summed E-state index contributed by atoms with van der Waals surface area (Å²) >= 11 is 11.9. The van der Waals surface area contributed by atoms with E-state index in [1.165, 1.54) is 0 Å². The van der Waals surface area contributed by atoms with E-state index in [1.54, 1.807) is 24.3 Å². The second kappa shape index (κ2) is 14.2. The maximum atomic E-state index is 13.0. The highest BCUT2D eigenvalue weighted by Gasteiger charge is 2.34.